The largest absolute Gasteiger partial charge is 0.399 e. The summed E-state index contributed by atoms with van der Waals surface area (Å²) in [7, 11) is 0. The van der Waals surface area contributed by atoms with Crippen LogP contribution in [-0.4, -0.2) is 6.54 Å². The predicted molar refractivity (Wildman–Crippen MR) is 42.3 cm³/mol. The molecular weight excluding hydrogens is 124 g/mol. The maximum absolute atomic E-state index is 5.57. The fourth-order valence-electron chi connectivity index (χ4n) is 0.953. The van der Waals surface area contributed by atoms with Crippen LogP contribution in [0, 0.1) is 0 Å². The van der Waals surface area contributed by atoms with Gasteiger partial charge >= 0.3 is 0 Å². The van der Waals surface area contributed by atoms with Gasteiger partial charge < -0.3 is 11.5 Å². The van der Waals surface area contributed by atoms with Crippen molar-refractivity contribution in [3.8, 4) is 0 Å². The fourth-order valence-corrected chi connectivity index (χ4v) is 0.953. The second-order valence-corrected chi connectivity index (χ2v) is 2.35. The van der Waals surface area contributed by atoms with E-state index in [0.717, 1.165) is 18.7 Å². The van der Waals surface area contributed by atoms with Gasteiger partial charge in [0.05, 0.1) is 6.54 Å². The number of rotatable bonds is 2. The summed E-state index contributed by atoms with van der Waals surface area (Å²) >= 11 is 0. The molecule has 0 bridgehead atoms. The lowest BCUT2D eigenvalue weighted by atomic mass is 10.1. The van der Waals surface area contributed by atoms with Crippen molar-refractivity contribution in [2.75, 3.05) is 12.3 Å². The molecule has 0 aliphatic rings. The van der Waals surface area contributed by atoms with E-state index in [0.29, 0.717) is 0 Å². The summed E-state index contributed by atoms with van der Waals surface area (Å²) in [6.45, 7) is 0.934. The molecule has 0 aliphatic carbocycles. The summed E-state index contributed by atoms with van der Waals surface area (Å²) in [6.07, 6.45) is 1.02. The van der Waals surface area contributed by atoms with E-state index in [4.69, 9.17) is 5.73 Å². The highest BCUT2D eigenvalue weighted by molar-refractivity contribution is 5.40. The molecule has 0 heterocycles. The molecule has 0 unspecified atom stereocenters. The van der Waals surface area contributed by atoms with Gasteiger partial charge in [0.1, 0.15) is 0 Å². The van der Waals surface area contributed by atoms with Gasteiger partial charge in [-0.15, -0.1) is 0 Å². The minimum atomic E-state index is 0.839. The molecule has 0 radical (unpaired) electrons. The lowest BCUT2D eigenvalue weighted by Crippen LogP contribution is -2.51. The Morgan fingerprint density at radius 1 is 1.40 bits per heavy atom. The van der Waals surface area contributed by atoms with Gasteiger partial charge in [-0.05, 0) is 17.7 Å². The van der Waals surface area contributed by atoms with Gasteiger partial charge in [0.25, 0.3) is 0 Å². The van der Waals surface area contributed by atoms with Crippen molar-refractivity contribution in [3.63, 3.8) is 0 Å². The summed E-state index contributed by atoms with van der Waals surface area (Å²) in [5, 5.41) is 0. The van der Waals surface area contributed by atoms with E-state index in [1.807, 2.05) is 18.2 Å². The molecule has 1 rings (SSSR count). The second kappa shape index (κ2) is 3.22. The smallest absolute Gasteiger partial charge is 0.0780 e. The summed E-state index contributed by atoms with van der Waals surface area (Å²) < 4.78 is 0. The Kier molecular flexibility index (Phi) is 2.29. The standard InChI is InChI=1S/C8H12N2/c9-5-4-7-2-1-3-8(10)6-7/h1-3,6H,4-5,9-10H2/p+1. The topological polar surface area (TPSA) is 53.7 Å². The highest BCUT2D eigenvalue weighted by Crippen LogP contribution is 2.05. The van der Waals surface area contributed by atoms with Crippen LogP contribution in [-0.2, 0) is 6.42 Å². The number of hydrogen-bond donors (Lipinski definition) is 2. The Hall–Kier alpha value is -1.02. The Morgan fingerprint density at radius 2 is 2.20 bits per heavy atom. The van der Waals surface area contributed by atoms with Gasteiger partial charge in [-0.1, -0.05) is 12.1 Å². The maximum atomic E-state index is 5.57. The normalized spacial score (nSPS) is 9.70. The SMILES string of the molecule is Nc1cccc(CC[NH3+])c1. The number of benzene rings is 1. The number of nitrogens with two attached hydrogens (primary N) is 1. The van der Waals surface area contributed by atoms with E-state index in [-0.39, 0.29) is 0 Å². The highest BCUT2D eigenvalue weighted by Gasteiger charge is 1.90. The van der Waals surface area contributed by atoms with E-state index in [1.165, 1.54) is 5.56 Å². The van der Waals surface area contributed by atoms with Crippen molar-refractivity contribution < 1.29 is 5.73 Å². The summed E-state index contributed by atoms with van der Waals surface area (Å²) in [6, 6.07) is 7.93. The zero-order chi connectivity index (χ0) is 7.40. The summed E-state index contributed by atoms with van der Waals surface area (Å²) in [4.78, 5) is 0. The molecule has 1 aromatic carbocycles. The van der Waals surface area contributed by atoms with Crippen molar-refractivity contribution in [3.05, 3.63) is 29.8 Å². The average molecular weight is 137 g/mol. The van der Waals surface area contributed by atoms with Crippen LogP contribution in [0.15, 0.2) is 24.3 Å². The lowest BCUT2D eigenvalue weighted by molar-refractivity contribution is -0.366. The monoisotopic (exact) mass is 137 g/mol. The van der Waals surface area contributed by atoms with E-state index in [2.05, 4.69) is 11.8 Å². The Labute approximate surface area is 60.8 Å². The first kappa shape index (κ1) is 7.09. The molecule has 0 saturated carbocycles. The first-order valence-electron chi connectivity index (χ1n) is 3.46. The maximum Gasteiger partial charge on any atom is 0.0780 e. The zero-order valence-corrected chi connectivity index (χ0v) is 6.01. The zero-order valence-electron chi connectivity index (χ0n) is 6.01. The van der Waals surface area contributed by atoms with Crippen LogP contribution in [0.1, 0.15) is 5.56 Å². The van der Waals surface area contributed by atoms with Crippen molar-refractivity contribution >= 4 is 5.69 Å². The molecule has 0 atom stereocenters. The number of anilines is 1. The molecule has 0 saturated heterocycles. The third kappa shape index (κ3) is 1.74. The average Bonchev–Trinajstić information content (AvgIpc) is 1.88. The van der Waals surface area contributed by atoms with E-state index >= 15 is 0 Å². The molecule has 0 spiro atoms. The van der Waals surface area contributed by atoms with Crippen molar-refractivity contribution in [2.45, 2.75) is 6.42 Å². The van der Waals surface area contributed by atoms with E-state index in [1.54, 1.807) is 0 Å². The Morgan fingerprint density at radius 3 is 2.80 bits per heavy atom. The molecule has 0 aromatic heterocycles. The molecular formula is C8H13N2+. The van der Waals surface area contributed by atoms with Gasteiger partial charge in [-0.25, -0.2) is 0 Å². The van der Waals surface area contributed by atoms with Crippen LogP contribution < -0.4 is 11.5 Å². The van der Waals surface area contributed by atoms with E-state index < -0.39 is 0 Å². The van der Waals surface area contributed by atoms with Crippen LogP contribution in [0.2, 0.25) is 0 Å². The quantitative estimate of drug-likeness (QED) is 0.556. The molecule has 10 heavy (non-hydrogen) atoms. The molecule has 2 heteroatoms. The summed E-state index contributed by atoms with van der Waals surface area (Å²) in [5.41, 5.74) is 11.5. The highest BCUT2D eigenvalue weighted by atomic mass is 14.5. The van der Waals surface area contributed by atoms with Crippen molar-refractivity contribution in [1.29, 1.82) is 0 Å². The molecule has 1 aromatic rings. The van der Waals surface area contributed by atoms with Gasteiger partial charge in [-0.2, -0.15) is 0 Å². The van der Waals surface area contributed by atoms with Crippen LogP contribution in [0.4, 0.5) is 5.69 Å². The third-order valence-corrected chi connectivity index (χ3v) is 1.42. The van der Waals surface area contributed by atoms with Crippen LogP contribution in [0.3, 0.4) is 0 Å². The molecule has 5 N–H and O–H groups in total. The molecule has 2 nitrogen and oxygen atoms in total. The Bertz CT molecular complexity index is 208. The fraction of sp³-hybridized carbons (Fsp3) is 0.250. The molecule has 0 fully saturated rings. The predicted octanol–water partition coefficient (Wildman–Crippen LogP) is 0.0532. The summed E-state index contributed by atoms with van der Waals surface area (Å²) in [5.74, 6) is 0. The molecule has 54 valence electrons. The van der Waals surface area contributed by atoms with E-state index in [9.17, 15) is 0 Å². The van der Waals surface area contributed by atoms with Crippen LogP contribution in [0.25, 0.3) is 0 Å². The van der Waals surface area contributed by atoms with Crippen LogP contribution in [0.5, 0.6) is 0 Å². The first-order chi connectivity index (χ1) is 4.83. The first-order valence-corrected chi connectivity index (χ1v) is 3.46. The minimum Gasteiger partial charge on any atom is -0.399 e. The van der Waals surface area contributed by atoms with Gasteiger partial charge in [0.15, 0.2) is 0 Å². The minimum absolute atomic E-state index is 0.839. The number of hydrogen-bond acceptors (Lipinski definition) is 1. The molecule has 0 amide bonds. The molecule has 0 aliphatic heterocycles. The Balaban J connectivity index is 2.75. The third-order valence-electron chi connectivity index (χ3n) is 1.42. The second-order valence-electron chi connectivity index (χ2n) is 2.35. The number of nitrogen functional groups attached to an aromatic ring is 1. The number of quaternary nitrogens is 1. The van der Waals surface area contributed by atoms with Gasteiger partial charge in [-0.3, -0.25) is 0 Å². The van der Waals surface area contributed by atoms with Gasteiger partial charge in [0.2, 0.25) is 0 Å². The van der Waals surface area contributed by atoms with Crippen molar-refractivity contribution in [1.82, 2.24) is 0 Å². The van der Waals surface area contributed by atoms with Crippen molar-refractivity contribution in [2.24, 2.45) is 0 Å². The van der Waals surface area contributed by atoms with Crippen LogP contribution >= 0.6 is 0 Å². The lowest BCUT2D eigenvalue weighted by Gasteiger charge is -1.96. The van der Waals surface area contributed by atoms with Gasteiger partial charge in [0, 0.05) is 12.1 Å².